The third kappa shape index (κ3) is 2.95. The highest BCUT2D eigenvalue weighted by molar-refractivity contribution is 9.10. The van der Waals surface area contributed by atoms with Crippen LogP contribution in [-0.2, 0) is 21.1 Å². The van der Waals surface area contributed by atoms with Gasteiger partial charge in [-0.1, -0.05) is 0 Å². The first-order valence-electron chi connectivity index (χ1n) is 4.98. The molecule has 1 heterocycles. The van der Waals surface area contributed by atoms with Gasteiger partial charge in [0.25, 0.3) is 5.56 Å². The highest BCUT2D eigenvalue weighted by Crippen LogP contribution is 2.02. The Morgan fingerprint density at radius 1 is 1.56 bits per heavy atom. The summed E-state index contributed by atoms with van der Waals surface area (Å²) < 4.78 is 6.57. The molecule has 0 radical (unpaired) electrons. The van der Waals surface area contributed by atoms with E-state index in [1.54, 1.807) is 0 Å². The van der Waals surface area contributed by atoms with Crippen LogP contribution < -0.4 is 11.2 Å². The molecule has 1 aromatic rings. The smallest absolute Gasteiger partial charge is 0.334 e. The Morgan fingerprint density at radius 2 is 2.17 bits per heavy atom. The zero-order chi connectivity index (χ0) is 13.9. The Labute approximate surface area is 110 Å². The van der Waals surface area contributed by atoms with Crippen LogP contribution in [0.4, 0.5) is 0 Å². The number of hydrogen-bond acceptors (Lipinski definition) is 5. The van der Waals surface area contributed by atoms with Crippen molar-refractivity contribution < 1.29 is 14.3 Å². The molecule has 0 spiro atoms. The number of ether oxygens (including phenoxy) is 1. The van der Waals surface area contributed by atoms with Gasteiger partial charge in [-0.3, -0.25) is 14.2 Å². The van der Waals surface area contributed by atoms with Crippen LogP contribution in [0.3, 0.4) is 0 Å². The zero-order valence-electron chi connectivity index (χ0n) is 9.75. The van der Waals surface area contributed by atoms with E-state index in [1.165, 1.54) is 20.0 Å². The van der Waals surface area contributed by atoms with Gasteiger partial charge < -0.3 is 9.53 Å². The molecule has 0 aliphatic heterocycles. The summed E-state index contributed by atoms with van der Waals surface area (Å²) in [4.78, 5) is 45.0. The third-order valence-electron chi connectivity index (χ3n) is 2.16. The molecule has 1 atom stereocenters. The number of carbonyl (C=O) groups is 2. The number of aldehydes is 1. The summed E-state index contributed by atoms with van der Waals surface area (Å²) in [5.41, 5.74) is -1.33. The van der Waals surface area contributed by atoms with Crippen LogP contribution >= 0.6 is 15.9 Å². The molecular formula is C10H11BrN2O5. The number of aromatic nitrogens is 2. The molecule has 1 rings (SSSR count). The van der Waals surface area contributed by atoms with E-state index >= 15 is 0 Å². The summed E-state index contributed by atoms with van der Waals surface area (Å²) >= 11 is 2.99. The fraction of sp³-hybridized carbons (Fsp3) is 0.400. The summed E-state index contributed by atoms with van der Waals surface area (Å²) in [6, 6.07) is -0.897. The molecular weight excluding hydrogens is 308 g/mol. The Balaban J connectivity index is 3.35. The Kier molecular flexibility index (Phi) is 4.60. The molecule has 1 aromatic heterocycles. The first kappa shape index (κ1) is 14.4. The van der Waals surface area contributed by atoms with Crippen LogP contribution in [0.1, 0.15) is 19.9 Å². The van der Waals surface area contributed by atoms with Crippen LogP contribution in [0.2, 0.25) is 0 Å². The van der Waals surface area contributed by atoms with E-state index in [1.807, 2.05) is 0 Å². The lowest BCUT2D eigenvalue weighted by Crippen LogP contribution is -2.42. The Morgan fingerprint density at radius 3 is 2.67 bits per heavy atom. The maximum Gasteiger partial charge on any atom is 0.334 e. The Hall–Kier alpha value is -1.70. The minimum atomic E-state index is -0.897. The quantitative estimate of drug-likeness (QED) is 0.578. The number of nitrogens with zero attached hydrogens (tertiary/aromatic N) is 2. The lowest BCUT2D eigenvalue weighted by molar-refractivity contribution is -0.144. The minimum absolute atomic E-state index is 0.1000. The molecule has 0 saturated carbocycles. The highest BCUT2D eigenvalue weighted by atomic mass is 79.9. The number of carbonyl (C=O) groups excluding carboxylic acids is 2. The fourth-order valence-corrected chi connectivity index (χ4v) is 1.70. The van der Waals surface area contributed by atoms with Gasteiger partial charge in [-0.15, -0.1) is 0 Å². The summed E-state index contributed by atoms with van der Waals surface area (Å²) in [5, 5.41) is 0. The number of hydrogen-bond donors (Lipinski definition) is 0. The van der Waals surface area contributed by atoms with Gasteiger partial charge in [0.15, 0.2) is 6.73 Å². The van der Waals surface area contributed by atoms with Crippen molar-refractivity contribution in [3.8, 4) is 0 Å². The first-order chi connectivity index (χ1) is 8.38. The predicted molar refractivity (Wildman–Crippen MR) is 65.2 cm³/mol. The fourth-order valence-electron chi connectivity index (χ4n) is 1.26. The van der Waals surface area contributed by atoms with Crippen LogP contribution in [0, 0.1) is 0 Å². The average Bonchev–Trinajstić information content (AvgIpc) is 2.31. The van der Waals surface area contributed by atoms with E-state index in [-0.39, 0.29) is 11.2 Å². The van der Waals surface area contributed by atoms with E-state index in [0.29, 0.717) is 6.29 Å². The molecule has 8 heteroatoms. The minimum Gasteiger partial charge on any atom is -0.444 e. The summed E-state index contributed by atoms with van der Waals surface area (Å²) in [6.07, 6.45) is 1.69. The molecule has 0 aromatic carbocycles. The van der Waals surface area contributed by atoms with Gasteiger partial charge in [0.2, 0.25) is 0 Å². The van der Waals surface area contributed by atoms with Gasteiger partial charge >= 0.3 is 11.7 Å². The van der Waals surface area contributed by atoms with Gasteiger partial charge in [-0.05, 0) is 22.9 Å². The number of rotatable bonds is 4. The topological polar surface area (TPSA) is 87.4 Å². The standard InChI is InChI=1S/C10H11BrN2O5/c1-6(4-14)13-9(16)8(11)3-12(10(13)17)5-18-7(2)15/h3-4,6H,5H2,1-2H3/t6-/m0/s1. The first-order valence-corrected chi connectivity index (χ1v) is 5.78. The average molecular weight is 319 g/mol. The molecule has 0 aliphatic carbocycles. The van der Waals surface area contributed by atoms with Crippen LogP contribution in [0.25, 0.3) is 0 Å². The van der Waals surface area contributed by atoms with Crippen LogP contribution in [0.15, 0.2) is 20.3 Å². The lowest BCUT2D eigenvalue weighted by atomic mass is 10.4. The highest BCUT2D eigenvalue weighted by Gasteiger charge is 2.14. The second-order valence-electron chi connectivity index (χ2n) is 3.55. The molecule has 0 amide bonds. The van der Waals surface area contributed by atoms with Crippen molar-refractivity contribution in [3.05, 3.63) is 31.5 Å². The maximum absolute atomic E-state index is 11.9. The molecule has 0 saturated heterocycles. The van der Waals surface area contributed by atoms with E-state index in [4.69, 9.17) is 0 Å². The van der Waals surface area contributed by atoms with Gasteiger partial charge in [0, 0.05) is 13.1 Å². The summed E-state index contributed by atoms with van der Waals surface area (Å²) in [6.45, 7) is 2.29. The van der Waals surface area contributed by atoms with Crippen molar-refractivity contribution >= 4 is 28.2 Å². The maximum atomic E-state index is 11.9. The number of halogens is 1. The van der Waals surface area contributed by atoms with Gasteiger partial charge in [0.1, 0.15) is 6.29 Å². The van der Waals surface area contributed by atoms with E-state index < -0.39 is 23.3 Å². The molecule has 0 bridgehead atoms. The number of esters is 1. The van der Waals surface area contributed by atoms with Crippen LogP contribution in [-0.4, -0.2) is 21.4 Å². The van der Waals surface area contributed by atoms with Crippen molar-refractivity contribution in [3.63, 3.8) is 0 Å². The van der Waals surface area contributed by atoms with E-state index in [2.05, 4.69) is 20.7 Å². The molecule has 18 heavy (non-hydrogen) atoms. The molecule has 0 unspecified atom stereocenters. The van der Waals surface area contributed by atoms with Crippen molar-refractivity contribution in [1.82, 2.24) is 9.13 Å². The Bertz CT molecular complexity index is 589. The normalized spacial score (nSPS) is 11.9. The molecule has 7 nitrogen and oxygen atoms in total. The zero-order valence-corrected chi connectivity index (χ0v) is 11.3. The monoisotopic (exact) mass is 318 g/mol. The van der Waals surface area contributed by atoms with Crippen LogP contribution in [0.5, 0.6) is 0 Å². The van der Waals surface area contributed by atoms with Crippen molar-refractivity contribution in [1.29, 1.82) is 0 Å². The predicted octanol–water partition coefficient (Wildman–Crippen LogP) is 0.0530. The lowest BCUT2D eigenvalue weighted by Gasteiger charge is -2.12. The van der Waals surface area contributed by atoms with Gasteiger partial charge in [-0.25, -0.2) is 9.36 Å². The van der Waals surface area contributed by atoms with Crippen molar-refractivity contribution in [2.75, 3.05) is 0 Å². The molecule has 0 fully saturated rings. The van der Waals surface area contributed by atoms with Gasteiger partial charge in [-0.2, -0.15) is 0 Å². The van der Waals surface area contributed by atoms with Gasteiger partial charge in [0.05, 0.1) is 10.5 Å². The van der Waals surface area contributed by atoms with Crippen molar-refractivity contribution in [2.24, 2.45) is 0 Å². The molecule has 0 N–H and O–H groups in total. The SMILES string of the molecule is CC(=O)OCn1cc(Br)c(=O)n([C@@H](C)C=O)c1=O. The molecule has 0 aliphatic rings. The molecule has 98 valence electrons. The second-order valence-corrected chi connectivity index (χ2v) is 4.40. The summed E-state index contributed by atoms with van der Waals surface area (Å²) in [7, 11) is 0. The second kappa shape index (κ2) is 5.76. The third-order valence-corrected chi connectivity index (χ3v) is 2.70. The van der Waals surface area contributed by atoms with E-state index in [0.717, 1.165) is 9.13 Å². The van der Waals surface area contributed by atoms with E-state index in [9.17, 15) is 19.2 Å². The van der Waals surface area contributed by atoms with Crippen molar-refractivity contribution in [2.45, 2.75) is 26.6 Å². The summed E-state index contributed by atoms with van der Waals surface area (Å²) in [5.74, 6) is -0.556. The largest absolute Gasteiger partial charge is 0.444 e.